The standard InChI is InChI=1S/C24H20BrN3O4/c1-15-7-5-8-16(2)21(15)27-22(29)23(30)28-26-14-17-9-6-10-18(13-17)32-24(31)19-11-3-4-12-20(19)25/h3-14H,1-2H3,(H,27,29)(H,28,30). The van der Waals surface area contributed by atoms with Crippen molar-refractivity contribution in [2.24, 2.45) is 5.10 Å². The zero-order valence-corrected chi connectivity index (χ0v) is 19.0. The molecule has 0 bridgehead atoms. The molecule has 0 aliphatic heterocycles. The summed E-state index contributed by atoms with van der Waals surface area (Å²) < 4.78 is 6.02. The molecule has 2 N–H and O–H groups in total. The molecule has 0 unspecified atom stereocenters. The molecule has 0 spiro atoms. The summed E-state index contributed by atoms with van der Waals surface area (Å²) in [6.07, 6.45) is 1.35. The average molecular weight is 494 g/mol. The third-order valence-electron chi connectivity index (χ3n) is 4.47. The Kier molecular flexibility index (Phi) is 7.51. The Labute approximate surface area is 193 Å². The summed E-state index contributed by atoms with van der Waals surface area (Å²) in [5.41, 5.74) is 5.45. The van der Waals surface area contributed by atoms with E-state index in [0.29, 0.717) is 27.0 Å². The van der Waals surface area contributed by atoms with Gasteiger partial charge in [0.15, 0.2) is 0 Å². The molecule has 0 fully saturated rings. The van der Waals surface area contributed by atoms with E-state index in [1.54, 1.807) is 48.5 Å². The molecular weight excluding hydrogens is 474 g/mol. The fourth-order valence-corrected chi connectivity index (χ4v) is 3.29. The summed E-state index contributed by atoms with van der Waals surface area (Å²) in [6, 6.07) is 19.1. The quantitative estimate of drug-likeness (QED) is 0.181. The van der Waals surface area contributed by atoms with Gasteiger partial charge in [-0.3, -0.25) is 9.59 Å². The molecule has 0 radical (unpaired) electrons. The van der Waals surface area contributed by atoms with Crippen molar-refractivity contribution in [3.63, 3.8) is 0 Å². The molecule has 0 atom stereocenters. The van der Waals surface area contributed by atoms with E-state index >= 15 is 0 Å². The largest absolute Gasteiger partial charge is 0.423 e. The minimum atomic E-state index is -0.902. The number of rotatable bonds is 5. The number of nitrogens with one attached hydrogen (secondary N) is 2. The number of carbonyl (C=O) groups excluding carboxylic acids is 3. The summed E-state index contributed by atoms with van der Waals surface area (Å²) in [4.78, 5) is 36.5. The Hall–Kier alpha value is -3.78. The number of aryl methyl sites for hydroxylation is 2. The van der Waals surface area contributed by atoms with E-state index in [-0.39, 0.29) is 0 Å². The second kappa shape index (κ2) is 10.5. The van der Waals surface area contributed by atoms with E-state index in [1.165, 1.54) is 6.21 Å². The molecule has 32 heavy (non-hydrogen) atoms. The van der Waals surface area contributed by atoms with E-state index < -0.39 is 17.8 Å². The van der Waals surface area contributed by atoms with Gasteiger partial charge in [-0.2, -0.15) is 5.10 Å². The molecule has 3 rings (SSSR count). The van der Waals surface area contributed by atoms with Crippen LogP contribution in [0.3, 0.4) is 0 Å². The van der Waals surface area contributed by atoms with Gasteiger partial charge in [0.25, 0.3) is 0 Å². The highest BCUT2D eigenvalue weighted by atomic mass is 79.9. The van der Waals surface area contributed by atoms with E-state index in [4.69, 9.17) is 4.74 Å². The topological polar surface area (TPSA) is 96.9 Å². The van der Waals surface area contributed by atoms with Gasteiger partial charge in [0.2, 0.25) is 0 Å². The number of hydrogen-bond donors (Lipinski definition) is 2. The van der Waals surface area contributed by atoms with Gasteiger partial charge < -0.3 is 10.1 Å². The van der Waals surface area contributed by atoms with Crippen molar-refractivity contribution in [2.75, 3.05) is 5.32 Å². The normalized spacial score (nSPS) is 10.6. The van der Waals surface area contributed by atoms with Crippen LogP contribution in [0.15, 0.2) is 76.3 Å². The third-order valence-corrected chi connectivity index (χ3v) is 5.16. The number of halogens is 1. The van der Waals surface area contributed by atoms with E-state index in [9.17, 15) is 14.4 Å². The Morgan fingerprint density at radius 2 is 1.59 bits per heavy atom. The van der Waals surface area contributed by atoms with Gasteiger partial charge in [0.1, 0.15) is 5.75 Å². The second-order valence-electron chi connectivity index (χ2n) is 6.86. The monoisotopic (exact) mass is 493 g/mol. The molecule has 0 saturated heterocycles. The molecule has 0 saturated carbocycles. The average Bonchev–Trinajstić information content (AvgIpc) is 2.76. The first-order valence-corrected chi connectivity index (χ1v) is 10.4. The first kappa shape index (κ1) is 22.9. The Balaban J connectivity index is 1.60. The SMILES string of the molecule is Cc1cccc(C)c1NC(=O)C(=O)NN=Cc1cccc(OC(=O)c2ccccc2Br)c1. The van der Waals surface area contributed by atoms with Gasteiger partial charge >= 0.3 is 17.8 Å². The number of amides is 2. The van der Waals surface area contributed by atoms with E-state index in [2.05, 4.69) is 31.8 Å². The Morgan fingerprint density at radius 3 is 2.31 bits per heavy atom. The van der Waals surface area contributed by atoms with Crippen LogP contribution in [0.25, 0.3) is 0 Å². The minimum absolute atomic E-state index is 0.314. The predicted octanol–water partition coefficient (Wildman–Crippen LogP) is 4.37. The molecule has 0 aliphatic carbocycles. The third kappa shape index (κ3) is 5.89. The van der Waals surface area contributed by atoms with Crippen LogP contribution >= 0.6 is 15.9 Å². The van der Waals surface area contributed by atoms with Crippen LogP contribution < -0.4 is 15.5 Å². The lowest BCUT2D eigenvalue weighted by molar-refractivity contribution is -0.136. The molecule has 3 aromatic carbocycles. The summed E-state index contributed by atoms with van der Waals surface area (Å²) in [5.74, 6) is -1.92. The first-order chi connectivity index (χ1) is 15.3. The number of ether oxygens (including phenoxy) is 1. The predicted molar refractivity (Wildman–Crippen MR) is 126 cm³/mol. The zero-order valence-electron chi connectivity index (χ0n) is 17.4. The van der Waals surface area contributed by atoms with Gasteiger partial charge in [-0.15, -0.1) is 0 Å². The lowest BCUT2D eigenvalue weighted by Gasteiger charge is -2.10. The molecule has 0 aliphatic rings. The van der Waals surface area contributed by atoms with Gasteiger partial charge in [-0.1, -0.05) is 42.5 Å². The lowest BCUT2D eigenvalue weighted by Crippen LogP contribution is -2.32. The molecular formula is C24H20BrN3O4. The van der Waals surface area contributed by atoms with Crippen LogP contribution in [-0.4, -0.2) is 24.0 Å². The smallest absolute Gasteiger partial charge is 0.344 e. The molecule has 2 amide bonds. The van der Waals surface area contributed by atoms with Crippen molar-refractivity contribution >= 4 is 45.6 Å². The number of esters is 1. The number of para-hydroxylation sites is 1. The van der Waals surface area contributed by atoms with Crippen molar-refractivity contribution in [1.82, 2.24) is 5.43 Å². The summed E-state index contributed by atoms with van der Waals surface area (Å²) in [6.45, 7) is 3.68. The van der Waals surface area contributed by atoms with Crippen LogP contribution in [-0.2, 0) is 9.59 Å². The molecule has 0 aromatic heterocycles. The maximum absolute atomic E-state index is 12.3. The molecule has 8 heteroatoms. The van der Waals surface area contributed by atoms with Crippen LogP contribution in [0.5, 0.6) is 5.75 Å². The minimum Gasteiger partial charge on any atom is -0.423 e. The molecule has 7 nitrogen and oxygen atoms in total. The maximum Gasteiger partial charge on any atom is 0.344 e. The van der Waals surface area contributed by atoms with Crippen molar-refractivity contribution in [3.8, 4) is 5.75 Å². The van der Waals surface area contributed by atoms with Crippen LogP contribution in [0.1, 0.15) is 27.0 Å². The molecule has 0 heterocycles. The van der Waals surface area contributed by atoms with E-state index in [1.807, 2.05) is 32.0 Å². The lowest BCUT2D eigenvalue weighted by atomic mass is 10.1. The Bertz CT molecular complexity index is 1190. The fraction of sp³-hybridized carbons (Fsp3) is 0.0833. The van der Waals surface area contributed by atoms with Crippen molar-refractivity contribution < 1.29 is 19.1 Å². The van der Waals surface area contributed by atoms with E-state index in [0.717, 1.165) is 11.1 Å². The number of hydrazone groups is 1. The molecule has 162 valence electrons. The maximum atomic E-state index is 12.3. The highest BCUT2D eigenvalue weighted by Gasteiger charge is 2.15. The van der Waals surface area contributed by atoms with Gasteiger partial charge in [0.05, 0.1) is 11.8 Å². The van der Waals surface area contributed by atoms with Gasteiger partial charge in [0, 0.05) is 10.2 Å². The number of anilines is 1. The summed E-state index contributed by atoms with van der Waals surface area (Å²) >= 11 is 3.32. The first-order valence-electron chi connectivity index (χ1n) is 9.62. The molecule has 3 aromatic rings. The van der Waals surface area contributed by atoms with Crippen molar-refractivity contribution in [3.05, 3.63) is 93.5 Å². The van der Waals surface area contributed by atoms with Crippen molar-refractivity contribution in [2.45, 2.75) is 13.8 Å². The van der Waals surface area contributed by atoms with Crippen LogP contribution in [0, 0.1) is 13.8 Å². The number of hydrogen-bond acceptors (Lipinski definition) is 5. The number of benzene rings is 3. The summed E-state index contributed by atoms with van der Waals surface area (Å²) in [5, 5.41) is 6.40. The van der Waals surface area contributed by atoms with Gasteiger partial charge in [-0.25, -0.2) is 10.2 Å². The van der Waals surface area contributed by atoms with Gasteiger partial charge in [-0.05, 0) is 70.7 Å². The van der Waals surface area contributed by atoms with Crippen LogP contribution in [0.2, 0.25) is 0 Å². The number of carbonyl (C=O) groups is 3. The number of nitrogens with zero attached hydrogens (tertiary/aromatic N) is 1. The van der Waals surface area contributed by atoms with Crippen LogP contribution in [0.4, 0.5) is 5.69 Å². The fourth-order valence-electron chi connectivity index (χ4n) is 2.85. The Morgan fingerprint density at radius 1 is 0.906 bits per heavy atom. The highest BCUT2D eigenvalue weighted by molar-refractivity contribution is 9.10. The van der Waals surface area contributed by atoms with Crippen molar-refractivity contribution in [1.29, 1.82) is 0 Å². The highest BCUT2D eigenvalue weighted by Crippen LogP contribution is 2.20. The second-order valence-corrected chi connectivity index (χ2v) is 7.72. The summed E-state index contributed by atoms with van der Waals surface area (Å²) in [7, 11) is 0. The zero-order chi connectivity index (χ0) is 23.1.